The van der Waals surface area contributed by atoms with E-state index in [4.69, 9.17) is 0 Å². The van der Waals surface area contributed by atoms with Gasteiger partial charge in [0.05, 0.1) is 17.1 Å². The normalized spacial score (nSPS) is 16.3. The molecule has 0 N–H and O–H groups in total. The van der Waals surface area contributed by atoms with Crippen molar-refractivity contribution in [3.8, 4) is 0 Å². The molecule has 2 heterocycles. The topological polar surface area (TPSA) is 38.8 Å². The summed E-state index contributed by atoms with van der Waals surface area (Å²) in [5, 5.41) is 5.65. The fourth-order valence-corrected chi connectivity index (χ4v) is 4.16. The van der Waals surface area contributed by atoms with Crippen LogP contribution in [0.25, 0.3) is 10.9 Å². The number of hydrogen-bond donors (Lipinski definition) is 0. The quantitative estimate of drug-likeness (QED) is 0.512. The summed E-state index contributed by atoms with van der Waals surface area (Å²) in [6.07, 6.45) is 7.75. The largest absolute Gasteiger partial charge is 0.292 e. The molecule has 28 heavy (non-hydrogen) atoms. The highest BCUT2D eigenvalue weighted by atomic mass is 16.1. The summed E-state index contributed by atoms with van der Waals surface area (Å²) in [7, 11) is 0. The maximum atomic E-state index is 13.2. The molecule has 2 aromatic carbocycles. The Morgan fingerprint density at radius 2 is 2.00 bits per heavy atom. The molecular weight excluding hydrogens is 346 g/mol. The van der Waals surface area contributed by atoms with Crippen molar-refractivity contribution >= 4 is 16.7 Å². The van der Waals surface area contributed by atoms with E-state index >= 15 is 0 Å². The maximum absolute atomic E-state index is 13.2. The molecule has 1 aliphatic carbocycles. The zero-order valence-electron chi connectivity index (χ0n) is 15.9. The van der Waals surface area contributed by atoms with Crippen LogP contribution in [-0.4, -0.2) is 15.6 Å². The van der Waals surface area contributed by atoms with Crippen LogP contribution < -0.4 is 4.57 Å². The van der Waals surface area contributed by atoms with Crippen LogP contribution in [0.5, 0.6) is 0 Å². The van der Waals surface area contributed by atoms with Gasteiger partial charge in [-0.15, -0.1) is 0 Å². The molecule has 0 saturated carbocycles. The third-order valence-corrected chi connectivity index (χ3v) is 5.62. The lowest BCUT2D eigenvalue weighted by Gasteiger charge is -2.24. The molecule has 4 heteroatoms. The smallest absolute Gasteiger partial charge is 0.187 e. The zero-order valence-corrected chi connectivity index (χ0v) is 15.9. The Morgan fingerprint density at radius 3 is 2.86 bits per heavy atom. The van der Waals surface area contributed by atoms with E-state index in [2.05, 4.69) is 64.5 Å². The van der Waals surface area contributed by atoms with Crippen LogP contribution >= 0.6 is 0 Å². The van der Waals surface area contributed by atoms with E-state index in [1.807, 2.05) is 29.9 Å². The van der Waals surface area contributed by atoms with E-state index in [1.54, 1.807) is 0 Å². The first-order chi connectivity index (χ1) is 13.7. The number of fused-ring (bicyclic) bond motifs is 2. The summed E-state index contributed by atoms with van der Waals surface area (Å²) in [5.74, 6) is 0.177. The molecule has 4 aromatic rings. The molecule has 4 nitrogen and oxygen atoms in total. The molecular formula is C24H22N3O+. The number of Topliss-reactive ketones (excluding diaryl/α,β-unsaturated/α-hetero) is 1. The molecule has 0 aliphatic heterocycles. The zero-order chi connectivity index (χ0) is 19.1. The van der Waals surface area contributed by atoms with Gasteiger partial charge >= 0.3 is 0 Å². The molecule has 0 radical (unpaired) electrons. The minimum atomic E-state index is -0.225. The van der Waals surface area contributed by atoms with Crippen LogP contribution in [0.4, 0.5) is 0 Å². The second-order valence-corrected chi connectivity index (χ2v) is 7.61. The Bertz CT molecular complexity index is 1180. The predicted molar refractivity (Wildman–Crippen MR) is 108 cm³/mol. The molecule has 0 fully saturated rings. The van der Waals surface area contributed by atoms with Crippen molar-refractivity contribution in [2.75, 3.05) is 0 Å². The Morgan fingerprint density at radius 1 is 1.14 bits per heavy atom. The lowest BCUT2D eigenvalue weighted by Crippen LogP contribution is -2.33. The Balaban J connectivity index is 1.48. The first-order valence-electron chi connectivity index (χ1n) is 9.73. The first-order valence-corrected chi connectivity index (χ1v) is 9.73. The Labute approximate surface area is 164 Å². The van der Waals surface area contributed by atoms with Gasteiger partial charge in [-0.25, -0.2) is 0 Å². The van der Waals surface area contributed by atoms with Crippen LogP contribution in [0, 0.1) is 6.92 Å². The van der Waals surface area contributed by atoms with Crippen LogP contribution in [0.15, 0.2) is 73.2 Å². The molecule has 138 valence electrons. The number of aryl methyl sites for hydroxylation is 2. The van der Waals surface area contributed by atoms with Gasteiger partial charge in [0.2, 0.25) is 0 Å². The van der Waals surface area contributed by atoms with Crippen LogP contribution in [0.2, 0.25) is 0 Å². The lowest BCUT2D eigenvalue weighted by molar-refractivity contribution is -0.687. The van der Waals surface area contributed by atoms with Gasteiger partial charge in [-0.2, -0.15) is 9.67 Å². The summed E-state index contributed by atoms with van der Waals surface area (Å²) in [6.45, 7) is 2.85. The number of ketones is 1. The summed E-state index contributed by atoms with van der Waals surface area (Å²) >= 11 is 0. The fraction of sp³-hybridized carbons (Fsp3) is 0.208. The van der Waals surface area contributed by atoms with Crippen molar-refractivity contribution in [2.24, 2.45) is 0 Å². The average Bonchev–Trinajstić information content (AvgIpc) is 3.12. The molecule has 0 spiro atoms. The van der Waals surface area contributed by atoms with Crippen LogP contribution in [-0.2, 0) is 13.0 Å². The van der Waals surface area contributed by atoms with Gasteiger partial charge in [0, 0.05) is 17.2 Å². The summed E-state index contributed by atoms with van der Waals surface area (Å²) in [5.41, 5.74) is 5.41. The highest BCUT2D eigenvalue weighted by Crippen LogP contribution is 2.31. The number of nitrogens with zero attached hydrogens (tertiary/aromatic N) is 3. The second kappa shape index (κ2) is 6.71. The van der Waals surface area contributed by atoms with Crippen molar-refractivity contribution in [1.82, 2.24) is 9.78 Å². The van der Waals surface area contributed by atoms with Gasteiger partial charge in [-0.1, -0.05) is 48.0 Å². The van der Waals surface area contributed by atoms with Crippen molar-refractivity contribution < 1.29 is 9.36 Å². The van der Waals surface area contributed by atoms with Crippen molar-refractivity contribution in [2.45, 2.75) is 32.4 Å². The molecule has 0 saturated heterocycles. The molecule has 1 atom stereocenters. The van der Waals surface area contributed by atoms with Crippen LogP contribution in [0.1, 0.15) is 39.5 Å². The van der Waals surface area contributed by atoms with E-state index in [0.29, 0.717) is 0 Å². The molecule has 2 aromatic heterocycles. The number of aromatic nitrogens is 3. The fourth-order valence-electron chi connectivity index (χ4n) is 4.16. The third-order valence-electron chi connectivity index (χ3n) is 5.62. The monoisotopic (exact) mass is 368 g/mol. The van der Waals surface area contributed by atoms with Gasteiger partial charge in [0.25, 0.3) is 0 Å². The SMILES string of the molecule is Cc1ccc2c(c1)C(=O)C(n1ncc3c[n+](Cc4ccccc4)ccc31)CC2. The number of hydrogen-bond acceptors (Lipinski definition) is 2. The molecule has 1 unspecified atom stereocenters. The van der Waals surface area contributed by atoms with Gasteiger partial charge in [0.1, 0.15) is 6.04 Å². The van der Waals surface area contributed by atoms with Crippen molar-refractivity contribution in [3.05, 3.63) is 95.4 Å². The maximum Gasteiger partial charge on any atom is 0.187 e. The van der Waals surface area contributed by atoms with E-state index in [-0.39, 0.29) is 11.8 Å². The lowest BCUT2D eigenvalue weighted by atomic mass is 9.86. The van der Waals surface area contributed by atoms with Gasteiger partial charge < -0.3 is 0 Å². The Hall–Kier alpha value is -3.27. The predicted octanol–water partition coefficient (Wildman–Crippen LogP) is 4.05. The first kappa shape index (κ1) is 16.9. The van der Waals surface area contributed by atoms with Gasteiger partial charge in [-0.05, 0) is 31.4 Å². The van der Waals surface area contributed by atoms with Crippen molar-refractivity contribution in [3.63, 3.8) is 0 Å². The van der Waals surface area contributed by atoms with Crippen LogP contribution in [0.3, 0.4) is 0 Å². The molecule has 0 bridgehead atoms. The minimum absolute atomic E-state index is 0.177. The van der Waals surface area contributed by atoms with Crippen molar-refractivity contribution in [1.29, 1.82) is 0 Å². The number of carbonyl (C=O) groups excluding carboxylic acids is 1. The third kappa shape index (κ3) is 2.91. The summed E-state index contributed by atoms with van der Waals surface area (Å²) in [6, 6.07) is 18.4. The molecule has 5 rings (SSSR count). The Kier molecular flexibility index (Phi) is 4.05. The molecule has 0 amide bonds. The van der Waals surface area contributed by atoms with Gasteiger partial charge in [0.15, 0.2) is 24.7 Å². The minimum Gasteiger partial charge on any atom is -0.292 e. The number of carbonyl (C=O) groups is 1. The summed E-state index contributed by atoms with van der Waals surface area (Å²) in [4.78, 5) is 13.2. The number of benzene rings is 2. The highest BCUT2D eigenvalue weighted by molar-refractivity contribution is 6.02. The van der Waals surface area contributed by atoms with Gasteiger partial charge in [-0.3, -0.25) is 9.48 Å². The average molecular weight is 368 g/mol. The summed E-state index contributed by atoms with van der Waals surface area (Å²) < 4.78 is 4.07. The standard InChI is InChI=1S/C24H22N3O/c1-17-7-8-19-9-10-23(24(28)21(19)13-17)27-22-11-12-26(16-20(22)14-25-27)15-18-5-3-2-4-6-18/h2-8,11-14,16,23H,9-10,15H2,1H3/q+1. The van der Waals surface area contributed by atoms with E-state index in [0.717, 1.165) is 47.0 Å². The molecule has 1 aliphatic rings. The van der Waals surface area contributed by atoms with E-state index < -0.39 is 0 Å². The van der Waals surface area contributed by atoms with E-state index in [1.165, 1.54) is 5.56 Å². The highest BCUT2D eigenvalue weighted by Gasteiger charge is 2.30. The number of pyridine rings is 1. The number of rotatable bonds is 3. The van der Waals surface area contributed by atoms with E-state index in [9.17, 15) is 4.79 Å². The second-order valence-electron chi connectivity index (χ2n) is 7.61.